The molecule has 1 heterocycles. The van der Waals surface area contributed by atoms with Gasteiger partial charge in [-0.2, -0.15) is 0 Å². The van der Waals surface area contributed by atoms with E-state index in [1.165, 1.54) is 0 Å². The molecule has 1 aliphatic rings. The van der Waals surface area contributed by atoms with Gasteiger partial charge in [0, 0.05) is 32.1 Å². The van der Waals surface area contributed by atoms with E-state index in [0.717, 1.165) is 25.9 Å². The predicted molar refractivity (Wildman–Crippen MR) is 64.7 cm³/mol. The van der Waals surface area contributed by atoms with E-state index >= 15 is 0 Å². The molecule has 17 heavy (non-hydrogen) atoms. The Balaban J connectivity index is 2.47. The maximum Gasteiger partial charge on any atom is 0.317 e. The quantitative estimate of drug-likeness (QED) is 0.786. The second-order valence-corrected chi connectivity index (χ2v) is 4.66. The summed E-state index contributed by atoms with van der Waals surface area (Å²) in [4.78, 5) is 26.4. The van der Waals surface area contributed by atoms with Gasteiger partial charge in [0.2, 0.25) is 5.91 Å². The van der Waals surface area contributed by atoms with Gasteiger partial charge in [-0.15, -0.1) is 0 Å². The van der Waals surface area contributed by atoms with E-state index in [1.54, 1.807) is 0 Å². The number of amides is 1. The number of hydrogen-bond acceptors (Lipinski definition) is 3. The summed E-state index contributed by atoms with van der Waals surface area (Å²) < 4.78 is 0. The zero-order valence-corrected chi connectivity index (χ0v) is 10.7. The Labute approximate surface area is 102 Å². The lowest BCUT2D eigenvalue weighted by molar-refractivity contribution is -0.138. The second kappa shape index (κ2) is 6.59. The molecule has 0 aromatic rings. The average molecular weight is 242 g/mol. The highest BCUT2D eigenvalue weighted by Gasteiger charge is 2.22. The molecule has 98 valence electrons. The highest BCUT2D eigenvalue weighted by atomic mass is 16.4. The fourth-order valence-electron chi connectivity index (χ4n) is 2.03. The Bertz CT molecular complexity index is 281. The van der Waals surface area contributed by atoms with Crippen molar-refractivity contribution in [3.05, 3.63) is 0 Å². The molecule has 5 heteroatoms. The first kappa shape index (κ1) is 14.0. The van der Waals surface area contributed by atoms with E-state index in [2.05, 4.69) is 0 Å². The first-order valence-electron chi connectivity index (χ1n) is 6.27. The van der Waals surface area contributed by atoms with Crippen molar-refractivity contribution in [1.82, 2.24) is 9.80 Å². The molecule has 1 atom stereocenters. The molecule has 1 unspecified atom stereocenters. The van der Waals surface area contributed by atoms with Crippen molar-refractivity contribution in [3.63, 3.8) is 0 Å². The number of nitrogens with zero attached hydrogens (tertiary/aromatic N) is 2. The van der Waals surface area contributed by atoms with Crippen molar-refractivity contribution >= 4 is 11.9 Å². The average Bonchev–Trinajstić information content (AvgIpc) is 2.52. The Morgan fingerprint density at radius 2 is 1.94 bits per heavy atom. The summed E-state index contributed by atoms with van der Waals surface area (Å²) in [5.74, 6) is -0.530. The molecule has 1 rings (SSSR count). The van der Waals surface area contributed by atoms with Gasteiger partial charge in [-0.3, -0.25) is 14.5 Å². The van der Waals surface area contributed by atoms with Crippen LogP contribution in [0.3, 0.4) is 0 Å². The first-order valence-corrected chi connectivity index (χ1v) is 6.27. The van der Waals surface area contributed by atoms with Gasteiger partial charge in [0.25, 0.3) is 0 Å². The molecular formula is C12H22N2O3. The van der Waals surface area contributed by atoms with Crippen LogP contribution in [0, 0.1) is 5.92 Å². The number of carbonyl (C=O) groups is 2. The highest BCUT2D eigenvalue weighted by Crippen LogP contribution is 2.10. The van der Waals surface area contributed by atoms with E-state index < -0.39 is 5.97 Å². The van der Waals surface area contributed by atoms with E-state index in [9.17, 15) is 9.59 Å². The van der Waals surface area contributed by atoms with Crippen LogP contribution in [0.5, 0.6) is 0 Å². The third-order valence-corrected chi connectivity index (χ3v) is 3.29. The van der Waals surface area contributed by atoms with Crippen molar-refractivity contribution in [2.75, 3.05) is 32.7 Å². The van der Waals surface area contributed by atoms with Gasteiger partial charge in [0.05, 0.1) is 6.54 Å². The number of aliphatic carboxylic acids is 1. The number of carboxylic acids is 1. The van der Waals surface area contributed by atoms with Crippen LogP contribution in [0.2, 0.25) is 0 Å². The normalized spacial score (nSPS) is 19.8. The van der Waals surface area contributed by atoms with Crippen LogP contribution >= 0.6 is 0 Å². The summed E-state index contributed by atoms with van der Waals surface area (Å²) in [6, 6.07) is 0. The smallest absolute Gasteiger partial charge is 0.317 e. The SMILES string of the molecule is CCC(C)C(=O)N1CCCN(CC(=O)O)CC1. The number of rotatable bonds is 4. The van der Waals surface area contributed by atoms with E-state index in [-0.39, 0.29) is 18.4 Å². The molecule has 1 fully saturated rings. The summed E-state index contributed by atoms with van der Waals surface area (Å²) in [5, 5.41) is 8.74. The van der Waals surface area contributed by atoms with Crippen molar-refractivity contribution in [2.45, 2.75) is 26.7 Å². The van der Waals surface area contributed by atoms with Gasteiger partial charge in [-0.1, -0.05) is 13.8 Å². The van der Waals surface area contributed by atoms with Crippen molar-refractivity contribution in [3.8, 4) is 0 Å². The van der Waals surface area contributed by atoms with Crippen LogP contribution in [-0.2, 0) is 9.59 Å². The lowest BCUT2D eigenvalue weighted by Crippen LogP contribution is -2.38. The Morgan fingerprint density at radius 1 is 1.24 bits per heavy atom. The van der Waals surface area contributed by atoms with Crippen LogP contribution in [0.25, 0.3) is 0 Å². The van der Waals surface area contributed by atoms with Gasteiger partial charge < -0.3 is 10.0 Å². The minimum absolute atomic E-state index is 0.0704. The van der Waals surface area contributed by atoms with Gasteiger partial charge in [-0.25, -0.2) is 0 Å². The maximum atomic E-state index is 12.0. The molecule has 0 radical (unpaired) electrons. The van der Waals surface area contributed by atoms with E-state index in [1.807, 2.05) is 23.6 Å². The summed E-state index contributed by atoms with van der Waals surface area (Å²) in [6.45, 7) is 6.85. The molecule has 1 aliphatic heterocycles. The van der Waals surface area contributed by atoms with Crippen molar-refractivity contribution < 1.29 is 14.7 Å². The van der Waals surface area contributed by atoms with Crippen LogP contribution in [0.4, 0.5) is 0 Å². The molecular weight excluding hydrogens is 220 g/mol. The van der Waals surface area contributed by atoms with Crippen LogP contribution in [0.1, 0.15) is 26.7 Å². The van der Waals surface area contributed by atoms with Crippen molar-refractivity contribution in [2.24, 2.45) is 5.92 Å². The summed E-state index contributed by atoms with van der Waals surface area (Å²) >= 11 is 0. The highest BCUT2D eigenvalue weighted by molar-refractivity contribution is 5.78. The molecule has 0 bridgehead atoms. The standard InChI is InChI=1S/C12H22N2O3/c1-3-10(2)12(17)14-6-4-5-13(7-8-14)9-11(15)16/h10H,3-9H2,1-2H3,(H,15,16). The zero-order valence-electron chi connectivity index (χ0n) is 10.7. The summed E-state index contributed by atoms with van der Waals surface area (Å²) in [5.41, 5.74) is 0. The molecule has 1 saturated heterocycles. The zero-order chi connectivity index (χ0) is 12.8. The largest absolute Gasteiger partial charge is 0.480 e. The van der Waals surface area contributed by atoms with Gasteiger partial charge in [-0.05, 0) is 12.8 Å². The maximum absolute atomic E-state index is 12.0. The Morgan fingerprint density at radius 3 is 2.53 bits per heavy atom. The molecule has 0 spiro atoms. The lowest BCUT2D eigenvalue weighted by Gasteiger charge is -2.23. The molecule has 1 amide bonds. The number of carboxylic acid groups (broad SMARTS) is 1. The second-order valence-electron chi connectivity index (χ2n) is 4.66. The molecule has 0 aromatic heterocycles. The predicted octanol–water partition coefficient (Wildman–Crippen LogP) is 0.651. The first-order chi connectivity index (χ1) is 8.04. The molecule has 1 N–H and O–H groups in total. The monoisotopic (exact) mass is 242 g/mol. The Kier molecular flexibility index (Phi) is 5.41. The van der Waals surface area contributed by atoms with Crippen LogP contribution in [0.15, 0.2) is 0 Å². The van der Waals surface area contributed by atoms with Gasteiger partial charge >= 0.3 is 5.97 Å². The van der Waals surface area contributed by atoms with Crippen LogP contribution in [-0.4, -0.2) is 59.5 Å². The third-order valence-electron chi connectivity index (χ3n) is 3.29. The molecule has 5 nitrogen and oxygen atoms in total. The van der Waals surface area contributed by atoms with E-state index in [4.69, 9.17) is 5.11 Å². The summed E-state index contributed by atoms with van der Waals surface area (Å²) in [6.07, 6.45) is 1.71. The molecule has 0 aromatic carbocycles. The molecule has 0 aliphatic carbocycles. The Hall–Kier alpha value is -1.10. The van der Waals surface area contributed by atoms with E-state index in [0.29, 0.717) is 13.1 Å². The number of carbonyl (C=O) groups excluding carboxylic acids is 1. The number of hydrogen-bond donors (Lipinski definition) is 1. The van der Waals surface area contributed by atoms with Gasteiger partial charge in [0.1, 0.15) is 0 Å². The fourth-order valence-corrected chi connectivity index (χ4v) is 2.03. The van der Waals surface area contributed by atoms with Crippen LogP contribution < -0.4 is 0 Å². The minimum Gasteiger partial charge on any atom is -0.480 e. The topological polar surface area (TPSA) is 60.9 Å². The van der Waals surface area contributed by atoms with Crippen molar-refractivity contribution in [1.29, 1.82) is 0 Å². The summed E-state index contributed by atoms with van der Waals surface area (Å²) in [7, 11) is 0. The van der Waals surface area contributed by atoms with Gasteiger partial charge in [0.15, 0.2) is 0 Å². The lowest BCUT2D eigenvalue weighted by atomic mass is 10.1. The third kappa shape index (κ3) is 4.34. The fraction of sp³-hybridized carbons (Fsp3) is 0.833. The molecule has 0 saturated carbocycles. The minimum atomic E-state index is -0.799.